The van der Waals surface area contributed by atoms with Crippen LogP contribution in [0.5, 0.6) is 5.75 Å². The molecular weight excluding hydrogens is 283 g/mol. The summed E-state index contributed by atoms with van der Waals surface area (Å²) in [5, 5.41) is 9.72. The molecule has 0 amide bonds. The fraction of sp³-hybridized carbons (Fsp3) is 0.571. The minimum absolute atomic E-state index is 0.0448. The van der Waals surface area contributed by atoms with Gasteiger partial charge in [-0.05, 0) is 37.8 Å². The molecule has 2 fully saturated rings. The number of hydrogen-bond acceptors (Lipinski definition) is 4. The monoisotopic (exact) mass is 300 g/mol. The average Bonchev–Trinajstić information content (AvgIpc) is 2.58. The van der Waals surface area contributed by atoms with E-state index in [1.165, 1.54) is 19.2 Å². The summed E-state index contributed by atoms with van der Waals surface area (Å²) in [5.41, 5.74) is -1.37. The van der Waals surface area contributed by atoms with Gasteiger partial charge in [-0.25, -0.2) is 12.8 Å². The Balaban J connectivity index is 2.08. The first-order valence-corrected chi connectivity index (χ1v) is 8.27. The van der Waals surface area contributed by atoms with E-state index in [1.54, 1.807) is 6.07 Å². The zero-order chi connectivity index (χ0) is 14.5. The molecule has 2 aliphatic rings. The fourth-order valence-corrected chi connectivity index (χ4v) is 6.07. The van der Waals surface area contributed by atoms with Crippen molar-refractivity contribution in [3.8, 4) is 5.75 Å². The van der Waals surface area contributed by atoms with E-state index >= 15 is 0 Å². The van der Waals surface area contributed by atoms with Crippen LogP contribution in [0, 0.1) is 5.82 Å². The Morgan fingerprint density at radius 2 is 1.90 bits per heavy atom. The van der Waals surface area contributed by atoms with Crippen LogP contribution < -0.4 is 4.74 Å². The average molecular weight is 300 g/mol. The number of sulfone groups is 1. The second-order valence-corrected chi connectivity index (χ2v) is 8.18. The fourth-order valence-electron chi connectivity index (χ4n) is 3.58. The minimum Gasteiger partial charge on any atom is -0.496 e. The van der Waals surface area contributed by atoms with Crippen LogP contribution in [0.2, 0.25) is 0 Å². The first-order chi connectivity index (χ1) is 9.38. The van der Waals surface area contributed by atoms with Gasteiger partial charge < -0.3 is 9.84 Å². The van der Waals surface area contributed by atoms with Crippen LogP contribution in [0.1, 0.15) is 31.2 Å². The molecule has 2 bridgehead atoms. The Labute approximate surface area is 117 Å². The highest BCUT2D eigenvalue weighted by atomic mass is 32.2. The molecule has 2 unspecified atom stereocenters. The molecule has 6 heteroatoms. The largest absolute Gasteiger partial charge is 0.496 e. The summed E-state index contributed by atoms with van der Waals surface area (Å²) in [5.74, 6) is -0.281. The second-order valence-electron chi connectivity index (χ2n) is 5.67. The number of hydrogen-bond donors (Lipinski definition) is 1. The number of fused-ring (bicyclic) bond motifs is 2. The van der Waals surface area contributed by atoms with Crippen molar-refractivity contribution < 1.29 is 22.7 Å². The predicted octanol–water partition coefficient (Wildman–Crippen LogP) is 1.76. The third-order valence-electron chi connectivity index (χ3n) is 4.53. The van der Waals surface area contributed by atoms with Gasteiger partial charge in [0.1, 0.15) is 11.6 Å². The summed E-state index contributed by atoms with van der Waals surface area (Å²) in [7, 11) is -1.75. The standard InChI is InChI=1S/C14H17FO4S/c1-19-12-4-2-3-11(15)13(12)14(16)7-9-5-6-10(8-14)20(9,17)18/h2-4,9-10,16H,5-8H2,1H3. The number of aliphatic hydroxyl groups is 1. The highest BCUT2D eigenvalue weighted by Crippen LogP contribution is 2.50. The molecule has 4 nitrogen and oxygen atoms in total. The first kappa shape index (κ1) is 13.8. The lowest BCUT2D eigenvalue weighted by molar-refractivity contribution is 0.0117. The maximum atomic E-state index is 14.1. The van der Waals surface area contributed by atoms with Crippen molar-refractivity contribution in [2.75, 3.05) is 7.11 Å². The molecule has 110 valence electrons. The smallest absolute Gasteiger partial charge is 0.156 e. The maximum Gasteiger partial charge on any atom is 0.156 e. The SMILES string of the molecule is COc1cccc(F)c1C1(O)CC2CCC(C1)S2(=O)=O. The number of halogens is 1. The maximum absolute atomic E-state index is 14.1. The van der Waals surface area contributed by atoms with E-state index in [4.69, 9.17) is 4.74 Å². The van der Waals surface area contributed by atoms with Crippen molar-refractivity contribution >= 4 is 9.84 Å². The molecule has 2 atom stereocenters. The van der Waals surface area contributed by atoms with Crippen LogP contribution in [0.3, 0.4) is 0 Å². The molecule has 2 saturated heterocycles. The van der Waals surface area contributed by atoms with E-state index in [-0.39, 0.29) is 24.2 Å². The van der Waals surface area contributed by atoms with Crippen molar-refractivity contribution in [3.63, 3.8) is 0 Å². The van der Waals surface area contributed by atoms with Gasteiger partial charge >= 0.3 is 0 Å². The predicted molar refractivity (Wildman–Crippen MR) is 71.8 cm³/mol. The first-order valence-electron chi connectivity index (χ1n) is 6.66. The summed E-state index contributed by atoms with van der Waals surface area (Å²) in [4.78, 5) is 0. The Kier molecular flexibility index (Phi) is 3.06. The van der Waals surface area contributed by atoms with Gasteiger partial charge in [0.2, 0.25) is 0 Å². The molecule has 20 heavy (non-hydrogen) atoms. The van der Waals surface area contributed by atoms with Crippen LogP contribution in [-0.4, -0.2) is 31.1 Å². The van der Waals surface area contributed by atoms with Crippen LogP contribution in [0.15, 0.2) is 18.2 Å². The molecule has 1 aromatic rings. The lowest BCUT2D eigenvalue weighted by atomic mass is 9.85. The molecule has 0 spiro atoms. The lowest BCUT2D eigenvalue weighted by Gasteiger charge is -2.37. The van der Waals surface area contributed by atoms with E-state index in [0.717, 1.165) is 0 Å². The summed E-state index contributed by atoms with van der Waals surface area (Å²) in [6.07, 6.45) is 1.18. The molecule has 2 heterocycles. The molecule has 3 rings (SSSR count). The van der Waals surface area contributed by atoms with Crippen LogP contribution in [0.25, 0.3) is 0 Å². The summed E-state index contributed by atoms with van der Waals surface area (Å²) in [6.45, 7) is 0. The van der Waals surface area contributed by atoms with Gasteiger partial charge in [-0.15, -0.1) is 0 Å². The molecule has 0 radical (unpaired) electrons. The zero-order valence-corrected chi connectivity index (χ0v) is 12.0. The van der Waals surface area contributed by atoms with E-state index in [1.807, 2.05) is 0 Å². The van der Waals surface area contributed by atoms with Gasteiger partial charge in [0, 0.05) is 0 Å². The summed E-state index contributed by atoms with van der Waals surface area (Å²) in [6, 6.07) is 4.36. The Hall–Kier alpha value is -1.14. The van der Waals surface area contributed by atoms with Crippen molar-refractivity contribution in [3.05, 3.63) is 29.6 Å². The van der Waals surface area contributed by atoms with E-state index < -0.39 is 31.8 Å². The van der Waals surface area contributed by atoms with Gasteiger partial charge in [-0.1, -0.05) is 6.07 Å². The second kappa shape index (κ2) is 4.43. The third-order valence-corrected chi connectivity index (χ3v) is 7.19. The van der Waals surface area contributed by atoms with Crippen molar-refractivity contribution in [2.24, 2.45) is 0 Å². The Bertz CT molecular complexity index is 621. The molecular formula is C14H17FO4S. The van der Waals surface area contributed by atoms with E-state index in [2.05, 4.69) is 0 Å². The molecule has 1 aromatic carbocycles. The van der Waals surface area contributed by atoms with Crippen LogP contribution >= 0.6 is 0 Å². The molecule has 2 aliphatic heterocycles. The highest BCUT2D eigenvalue weighted by Gasteiger charge is 2.54. The minimum atomic E-state index is -3.16. The Morgan fingerprint density at radius 1 is 1.30 bits per heavy atom. The molecule has 0 aromatic heterocycles. The van der Waals surface area contributed by atoms with Gasteiger partial charge in [-0.3, -0.25) is 0 Å². The Morgan fingerprint density at radius 3 is 2.45 bits per heavy atom. The van der Waals surface area contributed by atoms with Crippen molar-refractivity contribution in [2.45, 2.75) is 41.8 Å². The van der Waals surface area contributed by atoms with Crippen LogP contribution in [-0.2, 0) is 15.4 Å². The molecule has 1 N–H and O–H groups in total. The normalized spacial score (nSPS) is 35.0. The highest BCUT2D eigenvalue weighted by molar-refractivity contribution is 7.93. The summed E-state index contributed by atoms with van der Waals surface area (Å²) < 4.78 is 43.5. The quantitative estimate of drug-likeness (QED) is 0.904. The van der Waals surface area contributed by atoms with E-state index in [0.29, 0.717) is 12.8 Å². The van der Waals surface area contributed by atoms with Gasteiger partial charge in [0.05, 0.1) is 28.8 Å². The van der Waals surface area contributed by atoms with Gasteiger partial charge in [-0.2, -0.15) is 0 Å². The zero-order valence-electron chi connectivity index (χ0n) is 11.2. The molecule has 0 aliphatic carbocycles. The lowest BCUT2D eigenvalue weighted by Crippen LogP contribution is -2.43. The van der Waals surface area contributed by atoms with Crippen molar-refractivity contribution in [1.82, 2.24) is 0 Å². The number of methoxy groups -OCH3 is 1. The van der Waals surface area contributed by atoms with E-state index in [9.17, 15) is 17.9 Å². The van der Waals surface area contributed by atoms with Crippen LogP contribution in [0.4, 0.5) is 4.39 Å². The van der Waals surface area contributed by atoms with Crippen molar-refractivity contribution in [1.29, 1.82) is 0 Å². The molecule has 0 saturated carbocycles. The topological polar surface area (TPSA) is 63.6 Å². The summed E-state index contributed by atoms with van der Waals surface area (Å²) >= 11 is 0. The number of benzene rings is 1. The number of ether oxygens (including phenoxy) is 1. The third kappa shape index (κ3) is 1.85. The number of rotatable bonds is 2. The van der Waals surface area contributed by atoms with Gasteiger partial charge in [0.15, 0.2) is 9.84 Å². The van der Waals surface area contributed by atoms with Gasteiger partial charge in [0.25, 0.3) is 0 Å².